The summed E-state index contributed by atoms with van der Waals surface area (Å²) in [5.74, 6) is -3.14. The second kappa shape index (κ2) is 29.5. The van der Waals surface area contributed by atoms with Gasteiger partial charge in [-0.25, -0.2) is 24.7 Å². The van der Waals surface area contributed by atoms with Gasteiger partial charge in [-0.3, -0.25) is 33.7 Å². The number of anilines is 1. The summed E-state index contributed by atoms with van der Waals surface area (Å²) in [5.41, 5.74) is 8.60. The number of carboxylic acid groups (broad SMARTS) is 1. The van der Waals surface area contributed by atoms with E-state index in [2.05, 4.69) is 20.9 Å². The number of imide groups is 1. The van der Waals surface area contributed by atoms with Gasteiger partial charge >= 0.3 is 5.97 Å². The summed E-state index contributed by atoms with van der Waals surface area (Å²) in [7, 11) is 4.01. The largest absolute Gasteiger partial charge is 0.479 e. The number of benzene rings is 5. The van der Waals surface area contributed by atoms with E-state index in [4.69, 9.17) is 29.4 Å². The standard InChI is InChI=1S/C65H76N10O13S/c1-38-15-9-21-44-53(38)71-55-42(19-12-23-46(55)68-44)61(82)66-28-32-73(3)30-14-33-75(4,34-29-67-62(83)43-20-13-24-47-56(43)72-54-39(2)16-10-22-45(54)69-47)37-40-26-27-49(87-65-59(81)57(79)58(80)60(88-65)64(85)86)48(35-40)70-51(77)25-11-18-41(76)17-7-6-8-31-74-52(78)36-50(89-5)63(74)84/h9-10,12-13,15-16,19-24,26-27,35,50,57-60,65,79-81H,6-8,11,14,17-18,25,28-34,36-37H2,1-5H3,(H3-,66,67,70,77,82,83,85,86)/p+1/t50?,57-,58-,59+,60-,65+,75?/m0/s1. The minimum atomic E-state index is -1.97. The van der Waals surface area contributed by atoms with Crippen LogP contribution in [0, 0.1) is 13.8 Å². The SMILES string of the molecule is CSC1CC(=O)N(CCCCCC(=O)CCCC(=O)Nc2cc(C[N+](C)(CCCN(C)CCNC(=O)c3cccc4nc5cccc(C)c5nc34)CCNC(=O)c3cccc4nc5cccc(C)c5nc34)ccc2O[C@@H]2O[C@H](C(=O)O)[C@@H](O)[C@H](O)[C@H]2O)C1=O. The number of ether oxygens (including phenoxy) is 2. The number of aromatic nitrogens is 4. The van der Waals surface area contributed by atoms with Crippen LogP contribution < -0.4 is 20.7 Å². The highest BCUT2D eigenvalue weighted by atomic mass is 32.2. The summed E-state index contributed by atoms with van der Waals surface area (Å²) in [6.07, 6.45) is -4.60. The summed E-state index contributed by atoms with van der Waals surface area (Å²) in [4.78, 5) is 114. The molecule has 0 spiro atoms. The molecule has 0 radical (unpaired) electrons. The maximum atomic E-state index is 14.1. The van der Waals surface area contributed by atoms with E-state index in [0.29, 0.717) is 120 Å². The number of Topliss-reactive ketones (excluding diaryl/α,β-unsaturated/α-hetero) is 1. The van der Waals surface area contributed by atoms with Crippen molar-refractivity contribution in [1.29, 1.82) is 0 Å². The van der Waals surface area contributed by atoms with Crippen molar-refractivity contribution in [3.05, 3.63) is 119 Å². The molecule has 24 heteroatoms. The number of hydrogen-bond donors (Lipinski definition) is 7. The lowest BCUT2D eigenvalue weighted by Crippen LogP contribution is -2.61. The number of para-hydroxylation sites is 4. The van der Waals surface area contributed by atoms with Crippen LogP contribution in [0.4, 0.5) is 5.69 Å². The number of likely N-dealkylation sites (N-methyl/N-ethyl adjacent to an activating group) is 2. The van der Waals surface area contributed by atoms with Gasteiger partial charge in [0.2, 0.25) is 24.0 Å². The molecule has 2 aliphatic heterocycles. The molecule has 0 saturated carbocycles. The van der Waals surface area contributed by atoms with Gasteiger partial charge in [-0.05, 0) is 112 Å². The molecule has 7 aromatic rings. The Kier molecular flexibility index (Phi) is 21.6. The molecule has 0 bridgehead atoms. The fourth-order valence-electron chi connectivity index (χ4n) is 11.4. The molecule has 5 amide bonds. The van der Waals surface area contributed by atoms with Crippen LogP contribution in [-0.4, -0.2) is 198 Å². The van der Waals surface area contributed by atoms with Crippen LogP contribution in [-0.2, 0) is 35.3 Å². The minimum Gasteiger partial charge on any atom is -0.479 e. The van der Waals surface area contributed by atoms with Crippen molar-refractivity contribution in [2.45, 2.75) is 114 Å². The number of carbonyl (C=O) groups is 7. The monoisotopic (exact) mass is 1240 g/mol. The van der Waals surface area contributed by atoms with Crippen molar-refractivity contribution in [3.63, 3.8) is 0 Å². The predicted molar refractivity (Wildman–Crippen MR) is 336 cm³/mol. The zero-order chi connectivity index (χ0) is 63.5. The van der Waals surface area contributed by atoms with E-state index in [9.17, 15) is 54.0 Å². The van der Waals surface area contributed by atoms with Crippen LogP contribution in [0.2, 0.25) is 0 Å². The molecule has 470 valence electrons. The highest BCUT2D eigenvalue weighted by molar-refractivity contribution is 8.00. The molecule has 2 aliphatic rings. The number of unbranched alkanes of at least 4 members (excludes halogenated alkanes) is 2. The van der Waals surface area contributed by atoms with Crippen molar-refractivity contribution in [2.24, 2.45) is 0 Å². The molecule has 2 fully saturated rings. The van der Waals surface area contributed by atoms with Crippen molar-refractivity contribution in [1.82, 2.24) is 40.4 Å². The fraction of sp³-hybridized carbons (Fsp3) is 0.431. The molecule has 2 unspecified atom stereocenters. The van der Waals surface area contributed by atoms with Crippen LogP contribution >= 0.6 is 11.8 Å². The van der Waals surface area contributed by atoms with Gasteiger partial charge in [-0.15, -0.1) is 0 Å². The molecular formula is C65H77N10O13S+. The summed E-state index contributed by atoms with van der Waals surface area (Å²) in [5, 5.41) is 50.5. The molecule has 7 N–H and O–H groups in total. The third kappa shape index (κ3) is 16.0. The van der Waals surface area contributed by atoms with Crippen molar-refractivity contribution >= 4 is 103 Å². The number of aryl methyl sites for hydroxylation is 2. The number of hydrogen-bond acceptors (Lipinski definition) is 18. The first-order valence-corrected chi connectivity index (χ1v) is 31.3. The van der Waals surface area contributed by atoms with Gasteiger partial charge in [-0.2, -0.15) is 11.8 Å². The first kappa shape index (κ1) is 65.3. The lowest BCUT2D eigenvalue weighted by molar-refractivity contribution is -0.921. The number of ketones is 1. The second-order valence-corrected chi connectivity index (χ2v) is 24.4. The highest BCUT2D eigenvalue weighted by Gasteiger charge is 2.48. The average molecular weight is 1240 g/mol. The molecule has 2 aromatic heterocycles. The van der Waals surface area contributed by atoms with Gasteiger partial charge in [0.05, 0.1) is 81.8 Å². The number of aliphatic carboxylic acids is 1. The smallest absolute Gasteiger partial charge is 0.335 e. The van der Waals surface area contributed by atoms with Gasteiger partial charge in [-0.1, -0.05) is 42.8 Å². The topological polar surface area (TPSA) is 313 Å². The highest BCUT2D eigenvalue weighted by Crippen LogP contribution is 2.33. The number of nitrogens with one attached hydrogen (secondary N) is 3. The Labute approximate surface area is 519 Å². The number of aliphatic hydroxyl groups excluding tert-OH is 3. The Balaban J connectivity index is 0.881. The number of thioether (sulfide) groups is 1. The maximum Gasteiger partial charge on any atom is 0.335 e. The number of rotatable bonds is 29. The van der Waals surface area contributed by atoms with Crippen LogP contribution in [0.25, 0.3) is 44.1 Å². The van der Waals surface area contributed by atoms with Crippen LogP contribution in [0.3, 0.4) is 0 Å². The van der Waals surface area contributed by atoms with E-state index in [1.54, 1.807) is 42.7 Å². The van der Waals surface area contributed by atoms with E-state index >= 15 is 0 Å². The molecule has 2 saturated heterocycles. The average Bonchev–Trinajstić information content (AvgIpc) is 1.67. The maximum absolute atomic E-state index is 14.1. The Hall–Kier alpha value is -8.10. The van der Waals surface area contributed by atoms with Crippen LogP contribution in [0.15, 0.2) is 91.0 Å². The van der Waals surface area contributed by atoms with Crippen molar-refractivity contribution in [2.75, 3.05) is 71.5 Å². The Morgan fingerprint density at radius 1 is 0.697 bits per heavy atom. The van der Waals surface area contributed by atoms with Gasteiger partial charge in [0, 0.05) is 63.8 Å². The number of carboxylic acids is 1. The summed E-state index contributed by atoms with van der Waals surface area (Å²) >= 11 is 1.36. The van der Waals surface area contributed by atoms with E-state index in [1.807, 2.05) is 76.5 Å². The van der Waals surface area contributed by atoms with Gasteiger partial charge < -0.3 is 55.2 Å². The zero-order valence-corrected chi connectivity index (χ0v) is 51.5. The third-order valence-electron chi connectivity index (χ3n) is 16.5. The molecule has 7 atom stereocenters. The Bertz CT molecular complexity index is 3800. The number of fused-ring (bicyclic) bond motifs is 4. The van der Waals surface area contributed by atoms with Crippen LogP contribution in [0.5, 0.6) is 5.75 Å². The number of nitrogens with zero attached hydrogens (tertiary/aromatic N) is 7. The summed E-state index contributed by atoms with van der Waals surface area (Å²) < 4.78 is 11.8. The van der Waals surface area contributed by atoms with Gasteiger partial charge in [0.15, 0.2) is 6.10 Å². The molecule has 5 aromatic carbocycles. The Morgan fingerprint density at radius 3 is 1.90 bits per heavy atom. The molecule has 89 heavy (non-hydrogen) atoms. The van der Waals surface area contributed by atoms with Crippen molar-refractivity contribution in [3.8, 4) is 5.75 Å². The number of likely N-dealkylation sites (tertiary alicyclic amines) is 1. The van der Waals surface area contributed by atoms with E-state index in [0.717, 1.165) is 27.7 Å². The fourth-order valence-corrected chi connectivity index (χ4v) is 12.0. The van der Waals surface area contributed by atoms with E-state index in [1.165, 1.54) is 22.7 Å². The molecule has 4 heterocycles. The lowest BCUT2D eigenvalue weighted by atomic mass is 9.99. The zero-order valence-electron chi connectivity index (χ0n) is 50.6. The lowest BCUT2D eigenvalue weighted by Gasteiger charge is -2.38. The first-order chi connectivity index (χ1) is 42.7. The van der Waals surface area contributed by atoms with E-state index in [-0.39, 0.29) is 84.7 Å². The number of carbonyl (C=O) groups excluding carboxylic acids is 6. The predicted octanol–water partition coefficient (Wildman–Crippen LogP) is 5.62. The number of quaternary nitrogens is 1. The summed E-state index contributed by atoms with van der Waals surface area (Å²) in [6.45, 7) is 7.31. The quantitative estimate of drug-likeness (QED) is 0.0129. The molecular weight excluding hydrogens is 1160 g/mol. The van der Waals surface area contributed by atoms with Crippen molar-refractivity contribution < 1.29 is 67.9 Å². The van der Waals surface area contributed by atoms with Gasteiger partial charge in [0.25, 0.3) is 11.8 Å². The van der Waals surface area contributed by atoms with E-state index < -0.39 is 42.6 Å². The first-order valence-electron chi connectivity index (χ1n) is 30.0. The third-order valence-corrected chi connectivity index (χ3v) is 17.4. The minimum absolute atomic E-state index is 0.0471. The molecule has 23 nitrogen and oxygen atoms in total. The Morgan fingerprint density at radius 2 is 1.29 bits per heavy atom. The van der Waals surface area contributed by atoms with Crippen LogP contribution in [0.1, 0.15) is 95.2 Å². The second-order valence-electron chi connectivity index (χ2n) is 23.3. The molecule has 0 aliphatic carbocycles. The molecule has 9 rings (SSSR count). The summed E-state index contributed by atoms with van der Waals surface area (Å²) in [6, 6.07) is 27.1. The number of amides is 5. The normalized spacial score (nSPS) is 19.3. The van der Waals surface area contributed by atoms with Gasteiger partial charge in [0.1, 0.15) is 47.4 Å². The number of aliphatic hydroxyl groups is 3.